The number of rotatable bonds is 3. The monoisotopic (exact) mass is 271 g/mol. The van der Waals surface area contributed by atoms with Crippen LogP contribution in [0.1, 0.15) is 25.7 Å². The van der Waals surface area contributed by atoms with E-state index >= 15 is 0 Å². The van der Waals surface area contributed by atoms with Crippen LogP contribution in [0.2, 0.25) is 0 Å². The molecule has 1 aliphatic heterocycles. The molecule has 1 heterocycles. The van der Waals surface area contributed by atoms with Gasteiger partial charge in [0.2, 0.25) is 0 Å². The number of hydrazine groups is 1. The van der Waals surface area contributed by atoms with Crippen molar-refractivity contribution in [1.82, 2.24) is 9.91 Å². The average Bonchev–Trinajstić information content (AvgIpc) is 2.42. The SMILES string of the molecule is CN(C)CCC1CCC2=CN(N)C=C3C=CC=CC32C1. The van der Waals surface area contributed by atoms with E-state index in [0.717, 1.165) is 5.92 Å². The third-order valence-electron chi connectivity index (χ3n) is 4.87. The van der Waals surface area contributed by atoms with Gasteiger partial charge in [-0.25, -0.2) is 5.84 Å². The van der Waals surface area contributed by atoms with Crippen molar-refractivity contribution in [3.8, 4) is 0 Å². The van der Waals surface area contributed by atoms with E-state index in [-0.39, 0.29) is 5.41 Å². The average molecular weight is 271 g/mol. The van der Waals surface area contributed by atoms with Gasteiger partial charge in [0.25, 0.3) is 0 Å². The Bertz CT molecular complexity index is 498. The first-order chi connectivity index (χ1) is 9.60. The van der Waals surface area contributed by atoms with Crippen LogP contribution >= 0.6 is 0 Å². The van der Waals surface area contributed by atoms with Gasteiger partial charge in [-0.05, 0) is 63.4 Å². The zero-order chi connectivity index (χ0) is 14.2. The van der Waals surface area contributed by atoms with Gasteiger partial charge >= 0.3 is 0 Å². The highest BCUT2D eigenvalue weighted by Gasteiger charge is 2.42. The Balaban J connectivity index is 1.83. The largest absolute Gasteiger partial charge is 0.309 e. The van der Waals surface area contributed by atoms with E-state index < -0.39 is 0 Å². The summed E-state index contributed by atoms with van der Waals surface area (Å²) >= 11 is 0. The molecule has 2 atom stereocenters. The highest BCUT2D eigenvalue weighted by molar-refractivity contribution is 5.49. The summed E-state index contributed by atoms with van der Waals surface area (Å²) in [6, 6.07) is 0. The van der Waals surface area contributed by atoms with Crippen LogP contribution in [-0.2, 0) is 0 Å². The van der Waals surface area contributed by atoms with Crippen molar-refractivity contribution < 1.29 is 0 Å². The molecule has 20 heavy (non-hydrogen) atoms. The second kappa shape index (κ2) is 5.23. The maximum atomic E-state index is 5.99. The Hall–Kier alpha value is -1.32. The third kappa shape index (κ3) is 2.36. The van der Waals surface area contributed by atoms with Crippen LogP contribution in [0.4, 0.5) is 0 Å². The fraction of sp³-hybridized carbons (Fsp3) is 0.529. The summed E-state index contributed by atoms with van der Waals surface area (Å²) in [6.45, 7) is 1.18. The van der Waals surface area contributed by atoms with Crippen molar-refractivity contribution in [3.63, 3.8) is 0 Å². The first-order valence-electron chi connectivity index (χ1n) is 7.57. The predicted octanol–water partition coefficient (Wildman–Crippen LogP) is 2.81. The van der Waals surface area contributed by atoms with Gasteiger partial charge in [-0.2, -0.15) is 0 Å². The Morgan fingerprint density at radius 2 is 2.20 bits per heavy atom. The van der Waals surface area contributed by atoms with Crippen molar-refractivity contribution in [1.29, 1.82) is 0 Å². The molecule has 0 aromatic rings. The van der Waals surface area contributed by atoms with Gasteiger partial charge < -0.3 is 4.90 Å². The topological polar surface area (TPSA) is 32.5 Å². The van der Waals surface area contributed by atoms with Gasteiger partial charge in [-0.1, -0.05) is 24.3 Å². The fourth-order valence-electron chi connectivity index (χ4n) is 3.78. The summed E-state index contributed by atoms with van der Waals surface area (Å²) in [6.07, 6.45) is 18.1. The van der Waals surface area contributed by atoms with E-state index in [1.165, 1.54) is 43.4 Å². The molecule has 0 aromatic heterocycles. The first kappa shape index (κ1) is 13.7. The van der Waals surface area contributed by atoms with E-state index in [2.05, 4.69) is 55.7 Å². The van der Waals surface area contributed by atoms with Crippen molar-refractivity contribution in [2.24, 2.45) is 17.2 Å². The first-order valence-corrected chi connectivity index (χ1v) is 7.57. The lowest BCUT2D eigenvalue weighted by molar-refractivity contribution is 0.246. The Kier molecular flexibility index (Phi) is 3.57. The Morgan fingerprint density at radius 1 is 1.35 bits per heavy atom. The van der Waals surface area contributed by atoms with Crippen LogP contribution in [0, 0.1) is 11.3 Å². The minimum absolute atomic E-state index is 0.125. The zero-order valence-electron chi connectivity index (χ0n) is 12.5. The molecule has 0 radical (unpaired) electrons. The zero-order valence-corrected chi connectivity index (χ0v) is 12.5. The molecule has 108 valence electrons. The second-order valence-electron chi connectivity index (χ2n) is 6.58. The molecule has 3 nitrogen and oxygen atoms in total. The number of nitrogens with two attached hydrogens (primary N) is 1. The summed E-state index contributed by atoms with van der Waals surface area (Å²) in [7, 11) is 4.32. The van der Waals surface area contributed by atoms with E-state index in [1.54, 1.807) is 5.01 Å². The lowest BCUT2D eigenvalue weighted by Crippen LogP contribution is -2.38. The van der Waals surface area contributed by atoms with Crippen LogP contribution < -0.4 is 5.84 Å². The number of hydrogen-bond acceptors (Lipinski definition) is 3. The van der Waals surface area contributed by atoms with Gasteiger partial charge in [0.1, 0.15) is 0 Å². The van der Waals surface area contributed by atoms with Crippen LogP contribution in [0.3, 0.4) is 0 Å². The van der Waals surface area contributed by atoms with Crippen molar-refractivity contribution in [2.45, 2.75) is 25.7 Å². The van der Waals surface area contributed by atoms with Crippen molar-refractivity contribution >= 4 is 0 Å². The van der Waals surface area contributed by atoms with Gasteiger partial charge in [-0.3, -0.25) is 5.01 Å². The van der Waals surface area contributed by atoms with Crippen LogP contribution in [0.25, 0.3) is 0 Å². The summed E-state index contributed by atoms with van der Waals surface area (Å²) in [5, 5.41) is 1.73. The Labute approximate surface area is 122 Å². The van der Waals surface area contributed by atoms with Crippen LogP contribution in [0.15, 0.2) is 47.9 Å². The number of nitrogens with zero attached hydrogens (tertiary/aromatic N) is 2. The number of allylic oxidation sites excluding steroid dienone is 6. The molecule has 0 saturated heterocycles. The minimum atomic E-state index is 0.125. The molecule has 1 spiro atoms. The van der Waals surface area contributed by atoms with Crippen molar-refractivity contribution in [2.75, 3.05) is 20.6 Å². The molecule has 0 aromatic carbocycles. The molecule has 1 fully saturated rings. The maximum absolute atomic E-state index is 5.99. The second-order valence-corrected chi connectivity index (χ2v) is 6.58. The smallest absolute Gasteiger partial charge is 0.0379 e. The molecule has 0 bridgehead atoms. The fourth-order valence-corrected chi connectivity index (χ4v) is 3.78. The summed E-state index contributed by atoms with van der Waals surface area (Å²) in [4.78, 5) is 2.29. The van der Waals surface area contributed by atoms with Crippen LogP contribution in [-0.4, -0.2) is 30.5 Å². The van der Waals surface area contributed by atoms with E-state index in [9.17, 15) is 0 Å². The molecular formula is C17H25N3. The van der Waals surface area contributed by atoms with E-state index in [1.807, 2.05) is 0 Å². The minimum Gasteiger partial charge on any atom is -0.309 e. The quantitative estimate of drug-likeness (QED) is 0.801. The molecule has 3 rings (SSSR count). The lowest BCUT2D eigenvalue weighted by Gasteiger charge is -2.46. The maximum Gasteiger partial charge on any atom is 0.0379 e. The standard InChI is InChI=1S/C17H25N3/c1-19(2)10-8-14-6-7-16-13-20(18)12-15-5-3-4-9-17(15,16)11-14/h3-5,9,12-14H,6-8,10-11,18H2,1-2H3. The van der Waals surface area contributed by atoms with Crippen molar-refractivity contribution in [3.05, 3.63) is 47.9 Å². The predicted molar refractivity (Wildman–Crippen MR) is 83.4 cm³/mol. The molecule has 3 aliphatic rings. The van der Waals surface area contributed by atoms with E-state index in [4.69, 9.17) is 5.84 Å². The Morgan fingerprint density at radius 3 is 3.00 bits per heavy atom. The van der Waals surface area contributed by atoms with Gasteiger partial charge in [-0.15, -0.1) is 0 Å². The molecule has 1 saturated carbocycles. The van der Waals surface area contributed by atoms with Crippen LogP contribution in [0.5, 0.6) is 0 Å². The number of hydrogen-bond donors (Lipinski definition) is 1. The summed E-state index contributed by atoms with van der Waals surface area (Å²) in [5.41, 5.74) is 2.97. The molecule has 2 aliphatic carbocycles. The molecule has 3 heteroatoms. The lowest BCUT2D eigenvalue weighted by atomic mass is 9.60. The normalized spacial score (nSPS) is 31.8. The molecule has 0 amide bonds. The van der Waals surface area contributed by atoms with Gasteiger partial charge in [0.05, 0.1) is 0 Å². The highest BCUT2D eigenvalue weighted by atomic mass is 15.4. The molecule has 2 N–H and O–H groups in total. The van der Waals surface area contributed by atoms with Gasteiger partial charge in [0, 0.05) is 17.8 Å². The summed E-state index contributed by atoms with van der Waals surface area (Å²) in [5.74, 6) is 6.80. The van der Waals surface area contributed by atoms with Gasteiger partial charge in [0.15, 0.2) is 0 Å². The third-order valence-corrected chi connectivity index (χ3v) is 4.87. The highest BCUT2D eigenvalue weighted by Crippen LogP contribution is 2.53. The van der Waals surface area contributed by atoms with E-state index in [0.29, 0.717) is 0 Å². The molecule has 2 unspecified atom stereocenters. The molecular weight excluding hydrogens is 246 g/mol. The summed E-state index contributed by atoms with van der Waals surface area (Å²) < 4.78 is 0.